The van der Waals surface area contributed by atoms with Crippen molar-refractivity contribution >= 4 is 32.9 Å². The molecule has 1 aliphatic carbocycles. The molecule has 2 aliphatic heterocycles. The van der Waals surface area contributed by atoms with Gasteiger partial charge in [0.15, 0.2) is 5.69 Å². The van der Waals surface area contributed by atoms with E-state index in [0.717, 1.165) is 51.3 Å². The molecule has 0 spiro atoms. The number of hydrogen-bond donors (Lipinski definition) is 1. The van der Waals surface area contributed by atoms with Crippen molar-refractivity contribution in [2.45, 2.75) is 38.3 Å². The van der Waals surface area contributed by atoms with Crippen molar-refractivity contribution in [1.82, 2.24) is 19.1 Å². The van der Waals surface area contributed by atoms with E-state index < -0.39 is 5.91 Å². The molecule has 2 N–H and O–H groups in total. The van der Waals surface area contributed by atoms with Gasteiger partial charge in [0.2, 0.25) is 0 Å². The molecule has 30 heavy (non-hydrogen) atoms. The van der Waals surface area contributed by atoms with Crippen molar-refractivity contribution in [3.63, 3.8) is 0 Å². The lowest BCUT2D eigenvalue weighted by molar-refractivity contribution is 0.0994. The highest BCUT2D eigenvalue weighted by atomic mass is 79.9. The fraction of sp³-hybridized carbons (Fsp3) is 0.261. The Kier molecular flexibility index (Phi) is 3.75. The molecule has 0 atom stereocenters. The molecule has 2 aromatic heterocycles. The van der Waals surface area contributed by atoms with Gasteiger partial charge in [0.25, 0.3) is 5.91 Å². The molecule has 0 radical (unpaired) electrons. The van der Waals surface area contributed by atoms with Crippen LogP contribution in [0.1, 0.15) is 52.4 Å². The van der Waals surface area contributed by atoms with Crippen LogP contribution in [0.25, 0.3) is 22.4 Å². The van der Waals surface area contributed by atoms with Crippen LogP contribution in [0.5, 0.6) is 0 Å². The second-order valence-corrected chi connectivity index (χ2v) is 9.17. The van der Waals surface area contributed by atoms with Gasteiger partial charge in [-0.2, -0.15) is 0 Å². The van der Waals surface area contributed by atoms with Gasteiger partial charge in [-0.05, 0) is 55.5 Å². The first-order chi connectivity index (χ1) is 14.5. The molecular formula is C23H20BrN5O. The smallest absolute Gasteiger partial charge is 0.269 e. The lowest BCUT2D eigenvalue weighted by Gasteiger charge is -2.35. The second-order valence-electron chi connectivity index (χ2n) is 8.25. The maximum Gasteiger partial charge on any atom is 0.269 e. The Morgan fingerprint density at radius 1 is 1.20 bits per heavy atom. The first kappa shape index (κ1) is 17.9. The molecular weight excluding hydrogens is 442 g/mol. The minimum atomic E-state index is -0.486. The number of para-hydroxylation sites is 2. The minimum Gasteiger partial charge on any atom is -0.364 e. The van der Waals surface area contributed by atoms with Crippen LogP contribution in [-0.4, -0.2) is 25.0 Å². The van der Waals surface area contributed by atoms with Crippen LogP contribution in [0.4, 0.5) is 0 Å². The summed E-state index contributed by atoms with van der Waals surface area (Å²) >= 11 is 3.60. The number of aromatic nitrogens is 4. The Morgan fingerprint density at radius 2 is 2.00 bits per heavy atom. The molecule has 3 aliphatic rings. The summed E-state index contributed by atoms with van der Waals surface area (Å²) in [4.78, 5) is 21.9. The van der Waals surface area contributed by atoms with E-state index in [2.05, 4.69) is 54.3 Å². The second kappa shape index (κ2) is 6.28. The lowest BCUT2D eigenvalue weighted by atomic mass is 9.75. The average molecular weight is 462 g/mol. The van der Waals surface area contributed by atoms with Gasteiger partial charge in [-0.1, -0.05) is 34.1 Å². The minimum absolute atomic E-state index is 0.335. The summed E-state index contributed by atoms with van der Waals surface area (Å²) in [6.45, 7) is 2.51. The van der Waals surface area contributed by atoms with Gasteiger partial charge in [0.1, 0.15) is 11.6 Å². The van der Waals surface area contributed by atoms with Crippen molar-refractivity contribution in [3.05, 3.63) is 69.7 Å². The number of amides is 1. The van der Waals surface area contributed by atoms with Crippen molar-refractivity contribution < 1.29 is 4.79 Å². The standard InChI is InChI=1S/C23H20BrN5O/c1-12-26-18-4-2-3-5-19(18)28(12)11-20-21(22(25)30)27-23-17-10-14(24)6-7-16(17)13-8-15(9-13)29(20)23/h2-7,10,13,15H,8-9,11H2,1H3,(H2,25,30). The van der Waals surface area contributed by atoms with E-state index in [4.69, 9.17) is 10.7 Å². The van der Waals surface area contributed by atoms with Crippen LogP contribution in [0.3, 0.4) is 0 Å². The van der Waals surface area contributed by atoms with Crippen LogP contribution in [0.2, 0.25) is 0 Å². The normalized spacial score (nSPS) is 19.1. The van der Waals surface area contributed by atoms with Gasteiger partial charge in [-0.25, -0.2) is 9.97 Å². The number of nitrogens with two attached hydrogens (primary N) is 1. The number of nitrogens with zero attached hydrogens (tertiary/aromatic N) is 4. The molecule has 1 amide bonds. The third-order valence-electron chi connectivity index (χ3n) is 6.57. The Balaban J connectivity index is 1.59. The molecule has 7 rings (SSSR count). The molecule has 2 aromatic carbocycles. The molecule has 4 aromatic rings. The van der Waals surface area contributed by atoms with Crippen molar-refractivity contribution in [3.8, 4) is 11.4 Å². The number of carbonyl (C=O) groups excluding carboxylic acids is 1. The number of primary amides is 1. The summed E-state index contributed by atoms with van der Waals surface area (Å²) in [6.07, 6.45) is 2.12. The maximum absolute atomic E-state index is 12.4. The van der Waals surface area contributed by atoms with Crippen LogP contribution in [0.15, 0.2) is 46.9 Å². The number of fused-ring (bicyclic) bond motifs is 1. The van der Waals surface area contributed by atoms with Gasteiger partial charge in [-0.15, -0.1) is 0 Å². The molecule has 7 heteroatoms. The van der Waals surface area contributed by atoms with E-state index in [1.165, 1.54) is 5.56 Å². The number of imidazole rings is 2. The van der Waals surface area contributed by atoms with E-state index in [0.29, 0.717) is 24.2 Å². The molecule has 0 unspecified atom stereocenters. The molecule has 0 saturated heterocycles. The summed E-state index contributed by atoms with van der Waals surface area (Å²) in [7, 11) is 0. The quantitative estimate of drug-likeness (QED) is 0.485. The zero-order valence-electron chi connectivity index (χ0n) is 16.5. The van der Waals surface area contributed by atoms with Crippen LogP contribution >= 0.6 is 15.9 Å². The molecule has 1 fully saturated rings. The number of carbonyl (C=O) groups is 1. The van der Waals surface area contributed by atoms with E-state index in [1.807, 2.05) is 25.1 Å². The monoisotopic (exact) mass is 461 g/mol. The molecule has 6 nitrogen and oxygen atoms in total. The predicted molar refractivity (Wildman–Crippen MR) is 118 cm³/mol. The van der Waals surface area contributed by atoms with Gasteiger partial charge in [0.05, 0.1) is 23.3 Å². The van der Waals surface area contributed by atoms with Gasteiger partial charge < -0.3 is 14.9 Å². The summed E-state index contributed by atoms with van der Waals surface area (Å²) < 4.78 is 5.42. The van der Waals surface area contributed by atoms with Crippen LogP contribution in [-0.2, 0) is 6.54 Å². The Hall–Kier alpha value is -2.93. The summed E-state index contributed by atoms with van der Waals surface area (Å²) in [5.74, 6) is 1.81. The summed E-state index contributed by atoms with van der Waals surface area (Å²) in [6, 6.07) is 14.8. The van der Waals surface area contributed by atoms with E-state index in [9.17, 15) is 4.79 Å². The first-order valence-corrected chi connectivity index (χ1v) is 10.9. The molecule has 2 bridgehead atoms. The Labute approximate surface area is 181 Å². The number of hydrogen-bond acceptors (Lipinski definition) is 3. The largest absolute Gasteiger partial charge is 0.364 e. The van der Waals surface area contributed by atoms with E-state index in [1.54, 1.807) is 0 Å². The third-order valence-corrected chi connectivity index (χ3v) is 7.06. The SMILES string of the molecule is Cc1nc2ccccc2n1Cc1c(C(N)=O)nc2n1C1CC(C1)c1ccc(Br)cc1-2. The van der Waals surface area contributed by atoms with Crippen LogP contribution < -0.4 is 5.73 Å². The highest BCUT2D eigenvalue weighted by Gasteiger charge is 2.41. The fourth-order valence-electron chi connectivity index (χ4n) is 5.07. The summed E-state index contributed by atoms with van der Waals surface area (Å²) in [5, 5.41) is 0. The Morgan fingerprint density at radius 3 is 2.80 bits per heavy atom. The number of halogens is 1. The predicted octanol–water partition coefficient (Wildman–Crippen LogP) is 4.55. The highest BCUT2D eigenvalue weighted by Crippen LogP contribution is 2.53. The van der Waals surface area contributed by atoms with E-state index >= 15 is 0 Å². The number of benzene rings is 2. The zero-order valence-corrected chi connectivity index (χ0v) is 18.1. The topological polar surface area (TPSA) is 78.7 Å². The highest BCUT2D eigenvalue weighted by molar-refractivity contribution is 9.10. The fourth-order valence-corrected chi connectivity index (χ4v) is 5.44. The van der Waals surface area contributed by atoms with Gasteiger partial charge in [-0.3, -0.25) is 4.79 Å². The van der Waals surface area contributed by atoms with Gasteiger partial charge >= 0.3 is 0 Å². The number of aryl methyl sites for hydroxylation is 1. The molecule has 4 heterocycles. The number of rotatable bonds is 3. The maximum atomic E-state index is 12.4. The van der Waals surface area contributed by atoms with Crippen molar-refractivity contribution in [2.24, 2.45) is 5.73 Å². The summed E-state index contributed by atoms with van der Waals surface area (Å²) in [5.41, 5.74) is 11.4. The molecule has 1 saturated carbocycles. The first-order valence-electron chi connectivity index (χ1n) is 10.1. The van der Waals surface area contributed by atoms with Crippen molar-refractivity contribution in [1.29, 1.82) is 0 Å². The Bertz CT molecular complexity index is 1350. The van der Waals surface area contributed by atoms with Crippen LogP contribution in [0, 0.1) is 6.92 Å². The zero-order chi connectivity index (χ0) is 20.6. The lowest BCUT2D eigenvalue weighted by Crippen LogP contribution is -2.26. The van der Waals surface area contributed by atoms with Crippen molar-refractivity contribution in [2.75, 3.05) is 0 Å². The average Bonchev–Trinajstić information content (AvgIpc) is 3.13. The third kappa shape index (κ3) is 2.45. The molecule has 150 valence electrons. The van der Waals surface area contributed by atoms with Gasteiger partial charge in [0, 0.05) is 16.1 Å². The van der Waals surface area contributed by atoms with E-state index in [-0.39, 0.29) is 0 Å².